The van der Waals surface area contributed by atoms with Crippen LogP contribution in [0.25, 0.3) is 11.1 Å². The summed E-state index contributed by atoms with van der Waals surface area (Å²) in [4.78, 5) is 48.4. The number of carbonyl (C=O) groups is 3. The topological polar surface area (TPSA) is 105 Å². The van der Waals surface area contributed by atoms with Crippen molar-refractivity contribution in [2.24, 2.45) is 28.5 Å². The first-order valence-electron chi connectivity index (χ1n) is 17.4. The Hall–Kier alpha value is -4.82. The molecule has 0 saturated heterocycles. The molecule has 0 spiro atoms. The summed E-state index contributed by atoms with van der Waals surface area (Å²) in [6, 6.07) is 29.4. The lowest BCUT2D eigenvalue weighted by atomic mass is 9.73. The Morgan fingerprint density at radius 1 is 0.940 bits per heavy atom. The fraction of sp³-hybridized carbons (Fsp3) is 0.317. The molecule has 2 aliphatic rings. The zero-order chi connectivity index (χ0) is 35.2. The maximum Gasteiger partial charge on any atom is 0.272 e. The summed E-state index contributed by atoms with van der Waals surface area (Å²) < 4.78 is 13.9. The van der Waals surface area contributed by atoms with Crippen LogP contribution < -0.4 is 16.0 Å². The SMILES string of the molecule is CCCCC(C(N)=O)[C@H](CC1CCC1)C(=O)N[C@H]1N=C(c2ccccc2)c2ccccc2N(Cc2cccc(-c3ccc(F)c(Cl)c3)c2)C1=O. The first kappa shape index (κ1) is 35.0. The number of nitrogens with zero attached hydrogens (tertiary/aromatic N) is 2. The van der Waals surface area contributed by atoms with Gasteiger partial charge in [0.25, 0.3) is 5.91 Å². The van der Waals surface area contributed by atoms with E-state index in [-0.39, 0.29) is 17.5 Å². The number of amides is 3. The van der Waals surface area contributed by atoms with Gasteiger partial charge in [-0.1, -0.05) is 123 Å². The molecule has 1 unspecified atom stereocenters. The van der Waals surface area contributed by atoms with E-state index in [1.165, 1.54) is 6.07 Å². The second kappa shape index (κ2) is 15.8. The van der Waals surface area contributed by atoms with Crippen molar-refractivity contribution >= 4 is 40.7 Å². The largest absolute Gasteiger partial charge is 0.369 e. The van der Waals surface area contributed by atoms with Gasteiger partial charge in [-0.2, -0.15) is 0 Å². The molecule has 0 aromatic heterocycles. The number of benzodiazepines with no additional fused rings is 1. The van der Waals surface area contributed by atoms with Gasteiger partial charge in [0.1, 0.15) is 5.82 Å². The zero-order valence-corrected chi connectivity index (χ0v) is 28.9. The molecular weight excluding hydrogens is 651 g/mol. The van der Waals surface area contributed by atoms with Gasteiger partial charge in [-0.05, 0) is 59.7 Å². The van der Waals surface area contributed by atoms with E-state index in [0.717, 1.165) is 59.9 Å². The first-order chi connectivity index (χ1) is 24.2. The number of nitrogens with two attached hydrogens (primary N) is 1. The normalized spacial score (nSPS) is 17.2. The van der Waals surface area contributed by atoms with Crippen molar-refractivity contribution < 1.29 is 18.8 Å². The minimum atomic E-state index is -1.26. The van der Waals surface area contributed by atoms with E-state index in [1.54, 1.807) is 17.0 Å². The van der Waals surface area contributed by atoms with Crippen LogP contribution >= 0.6 is 11.6 Å². The number of hydrogen-bond acceptors (Lipinski definition) is 4. The van der Waals surface area contributed by atoms with Crippen molar-refractivity contribution in [3.05, 3.63) is 125 Å². The maximum absolute atomic E-state index is 14.7. The highest BCUT2D eigenvalue weighted by Gasteiger charge is 2.39. The molecule has 50 heavy (non-hydrogen) atoms. The Labute approximate surface area is 297 Å². The highest BCUT2D eigenvalue weighted by molar-refractivity contribution is 6.31. The third-order valence-electron chi connectivity index (χ3n) is 9.92. The van der Waals surface area contributed by atoms with Gasteiger partial charge in [-0.25, -0.2) is 9.38 Å². The van der Waals surface area contributed by atoms with Crippen molar-refractivity contribution in [3.63, 3.8) is 0 Å². The highest BCUT2D eigenvalue weighted by atomic mass is 35.5. The van der Waals surface area contributed by atoms with Gasteiger partial charge in [-0.15, -0.1) is 0 Å². The molecular formula is C41H42ClFN4O3. The molecule has 4 aromatic carbocycles. The molecule has 1 fully saturated rings. The van der Waals surface area contributed by atoms with Crippen LogP contribution in [0.5, 0.6) is 0 Å². The zero-order valence-electron chi connectivity index (χ0n) is 28.2. The van der Waals surface area contributed by atoms with Crippen molar-refractivity contribution in [1.82, 2.24) is 5.32 Å². The first-order valence-corrected chi connectivity index (χ1v) is 17.8. The minimum Gasteiger partial charge on any atom is -0.369 e. The van der Waals surface area contributed by atoms with E-state index in [4.69, 9.17) is 22.3 Å². The lowest BCUT2D eigenvalue weighted by Gasteiger charge is -2.33. The highest BCUT2D eigenvalue weighted by Crippen LogP contribution is 2.37. The van der Waals surface area contributed by atoms with Crippen LogP contribution in [-0.4, -0.2) is 29.6 Å². The molecule has 1 aliphatic carbocycles. The predicted octanol–water partition coefficient (Wildman–Crippen LogP) is 8.07. The third-order valence-corrected chi connectivity index (χ3v) is 10.2. The maximum atomic E-state index is 14.7. The van der Waals surface area contributed by atoms with Gasteiger partial charge in [0.05, 0.1) is 23.0 Å². The third kappa shape index (κ3) is 7.81. The average molecular weight is 693 g/mol. The summed E-state index contributed by atoms with van der Waals surface area (Å²) >= 11 is 6.10. The van der Waals surface area contributed by atoms with Crippen molar-refractivity contribution in [3.8, 4) is 11.1 Å². The van der Waals surface area contributed by atoms with E-state index in [9.17, 15) is 18.8 Å². The summed E-state index contributed by atoms with van der Waals surface area (Å²) in [5.74, 6) is -2.73. The van der Waals surface area contributed by atoms with Crippen LogP contribution in [0.1, 0.15) is 68.6 Å². The number of halogens is 2. The number of unbranched alkanes of at least 4 members (excludes halogenated alkanes) is 1. The molecule has 1 heterocycles. The van der Waals surface area contributed by atoms with Crippen LogP contribution in [0.2, 0.25) is 5.02 Å². The van der Waals surface area contributed by atoms with Gasteiger partial charge >= 0.3 is 0 Å². The molecule has 0 bridgehead atoms. The molecule has 9 heteroatoms. The lowest BCUT2D eigenvalue weighted by Crippen LogP contribution is -2.51. The molecule has 258 valence electrons. The summed E-state index contributed by atoms with van der Waals surface area (Å²) in [5.41, 5.74) is 11.1. The van der Waals surface area contributed by atoms with Gasteiger partial charge in [-0.3, -0.25) is 14.4 Å². The number of rotatable bonds is 13. The smallest absolute Gasteiger partial charge is 0.272 e. The van der Waals surface area contributed by atoms with Gasteiger partial charge < -0.3 is 16.0 Å². The molecule has 3 amide bonds. The van der Waals surface area contributed by atoms with Gasteiger partial charge in [0.2, 0.25) is 18.0 Å². The lowest BCUT2D eigenvalue weighted by molar-refractivity contribution is -0.136. The average Bonchev–Trinajstić information content (AvgIpc) is 3.21. The number of benzene rings is 4. The van der Waals surface area contributed by atoms with Crippen LogP contribution in [0.3, 0.4) is 0 Å². The van der Waals surface area contributed by atoms with Crippen LogP contribution in [-0.2, 0) is 20.9 Å². The molecule has 3 atom stereocenters. The van der Waals surface area contributed by atoms with E-state index in [1.807, 2.05) is 85.8 Å². The van der Waals surface area contributed by atoms with Crippen LogP contribution in [0.15, 0.2) is 102 Å². The van der Waals surface area contributed by atoms with Gasteiger partial charge in [0.15, 0.2) is 0 Å². The Morgan fingerprint density at radius 3 is 2.36 bits per heavy atom. The molecule has 0 radical (unpaired) electrons. The second-order valence-electron chi connectivity index (χ2n) is 13.3. The van der Waals surface area contributed by atoms with Gasteiger partial charge in [0, 0.05) is 23.0 Å². The Kier molecular flexibility index (Phi) is 11.1. The Balaban J connectivity index is 1.39. The Morgan fingerprint density at radius 2 is 1.66 bits per heavy atom. The molecule has 4 aromatic rings. The van der Waals surface area contributed by atoms with Crippen LogP contribution in [0.4, 0.5) is 10.1 Å². The molecule has 6 rings (SSSR count). The number of fused-ring (bicyclic) bond motifs is 1. The van der Waals surface area contributed by atoms with E-state index < -0.39 is 35.6 Å². The van der Waals surface area contributed by atoms with E-state index in [2.05, 4.69) is 5.32 Å². The summed E-state index contributed by atoms with van der Waals surface area (Å²) in [6.07, 6.45) is 4.56. The van der Waals surface area contributed by atoms with E-state index >= 15 is 0 Å². The van der Waals surface area contributed by atoms with Crippen molar-refractivity contribution in [1.29, 1.82) is 0 Å². The summed E-state index contributed by atoms with van der Waals surface area (Å²) in [5, 5.41) is 3.02. The quantitative estimate of drug-likeness (QED) is 0.148. The number of aliphatic imine (C=N–C) groups is 1. The fourth-order valence-corrected chi connectivity index (χ4v) is 7.15. The summed E-state index contributed by atoms with van der Waals surface area (Å²) in [7, 11) is 0. The number of primary amides is 1. The van der Waals surface area contributed by atoms with Crippen molar-refractivity contribution in [2.75, 3.05) is 4.90 Å². The number of hydrogen-bond donors (Lipinski definition) is 2. The molecule has 1 aliphatic heterocycles. The van der Waals surface area contributed by atoms with Crippen molar-refractivity contribution in [2.45, 2.75) is 64.6 Å². The number of para-hydroxylation sites is 1. The van der Waals surface area contributed by atoms with Crippen LogP contribution in [0, 0.1) is 23.6 Å². The number of carbonyl (C=O) groups excluding carboxylic acids is 3. The number of anilines is 1. The Bertz CT molecular complexity index is 1890. The second-order valence-corrected chi connectivity index (χ2v) is 13.7. The minimum absolute atomic E-state index is 0.0255. The number of nitrogens with one attached hydrogen (secondary N) is 1. The standard InChI is InChI=1S/C41H42ClFN4O3/c1-2-3-17-31(38(44)48)33(23-26-11-9-12-26)40(49)46-39-41(50)47(25-27-13-10-16-29(22-27)30-20-21-35(43)34(42)24-30)36-19-8-7-18-32(36)37(45-39)28-14-5-4-6-15-28/h4-8,10,13-16,18-22,24,26,31,33,39H,2-3,9,11-12,17,23,25H2,1H3,(H2,44,48)(H,46,49)/t31?,33-,39+/m0/s1. The fourth-order valence-electron chi connectivity index (χ4n) is 6.97. The van der Waals surface area contributed by atoms with E-state index in [0.29, 0.717) is 30.2 Å². The molecule has 3 N–H and O–H groups in total. The molecule has 1 saturated carbocycles. The monoisotopic (exact) mass is 692 g/mol. The predicted molar refractivity (Wildman–Crippen MR) is 196 cm³/mol. The summed E-state index contributed by atoms with van der Waals surface area (Å²) in [6.45, 7) is 2.22. The molecule has 7 nitrogen and oxygen atoms in total.